The number of halogens is 1. The Hall–Kier alpha value is -2.05. The van der Waals surface area contributed by atoms with Crippen molar-refractivity contribution >= 4 is 33.2 Å². The summed E-state index contributed by atoms with van der Waals surface area (Å²) in [6.45, 7) is 3.92. The fourth-order valence-electron chi connectivity index (χ4n) is 2.63. The van der Waals surface area contributed by atoms with E-state index in [0.717, 1.165) is 16.1 Å². The second kappa shape index (κ2) is 8.56. The lowest BCUT2D eigenvalue weighted by atomic mass is 10.0. The molecule has 1 atom stereocenters. The van der Waals surface area contributed by atoms with Gasteiger partial charge in [-0.1, -0.05) is 48.9 Å². The van der Waals surface area contributed by atoms with Gasteiger partial charge in [-0.2, -0.15) is 0 Å². The Morgan fingerprint density at radius 3 is 2.42 bits per heavy atom. The lowest BCUT2D eigenvalue weighted by Crippen LogP contribution is -2.41. The van der Waals surface area contributed by atoms with Crippen molar-refractivity contribution in [2.24, 2.45) is 0 Å². The summed E-state index contributed by atoms with van der Waals surface area (Å²) in [5.41, 5.74) is 2.25. The molecule has 1 amide bonds. The Bertz CT molecular complexity index is 870. The number of anilines is 1. The zero-order valence-corrected chi connectivity index (χ0v) is 16.6. The summed E-state index contributed by atoms with van der Waals surface area (Å²) in [7, 11) is -3.61. The maximum atomic E-state index is 12.3. The van der Waals surface area contributed by atoms with Crippen LogP contribution in [0.4, 0.5) is 5.69 Å². The lowest BCUT2D eigenvalue weighted by molar-refractivity contribution is -0.119. The van der Waals surface area contributed by atoms with Gasteiger partial charge in [-0.15, -0.1) is 0 Å². The molecule has 1 N–H and O–H groups in total. The number of hydrogen-bond donors (Lipinski definition) is 1. The minimum atomic E-state index is -3.61. The number of benzene rings is 2. The number of nitrogens with zero attached hydrogens (tertiary/aromatic N) is 1. The van der Waals surface area contributed by atoms with Crippen molar-refractivity contribution in [2.75, 3.05) is 23.7 Å². The first-order valence-electron chi connectivity index (χ1n) is 8.24. The number of sulfonamides is 1. The van der Waals surface area contributed by atoms with Crippen LogP contribution in [0.25, 0.3) is 0 Å². The second-order valence-electron chi connectivity index (χ2n) is 6.32. The van der Waals surface area contributed by atoms with Gasteiger partial charge in [0.15, 0.2) is 0 Å². The van der Waals surface area contributed by atoms with Crippen molar-refractivity contribution in [3.05, 3.63) is 64.7 Å². The molecule has 0 aliphatic rings. The fraction of sp³-hybridized carbons (Fsp3) is 0.316. The van der Waals surface area contributed by atoms with Crippen molar-refractivity contribution < 1.29 is 13.2 Å². The van der Waals surface area contributed by atoms with Crippen LogP contribution in [0.3, 0.4) is 0 Å². The van der Waals surface area contributed by atoms with Gasteiger partial charge >= 0.3 is 0 Å². The number of carbonyl (C=O) groups excluding carboxylic acids is 1. The highest BCUT2D eigenvalue weighted by Crippen LogP contribution is 2.25. The third-order valence-electron chi connectivity index (χ3n) is 4.09. The van der Waals surface area contributed by atoms with Gasteiger partial charge in [0.1, 0.15) is 6.54 Å². The summed E-state index contributed by atoms with van der Waals surface area (Å²) < 4.78 is 25.5. The van der Waals surface area contributed by atoms with Gasteiger partial charge in [-0.25, -0.2) is 8.42 Å². The summed E-state index contributed by atoms with van der Waals surface area (Å²) in [5.74, 6) is -0.225. The molecule has 0 radical (unpaired) electrons. The summed E-state index contributed by atoms with van der Waals surface area (Å²) in [6.07, 6.45) is 1.08. The van der Waals surface area contributed by atoms with E-state index in [-0.39, 0.29) is 18.4 Å². The molecule has 0 saturated carbocycles. The van der Waals surface area contributed by atoms with E-state index in [2.05, 4.69) is 5.32 Å². The molecule has 0 fully saturated rings. The molecule has 2 aromatic rings. The molecular formula is C19H23ClN2O3S. The zero-order valence-electron chi connectivity index (χ0n) is 15.1. The normalized spacial score (nSPS) is 12.5. The van der Waals surface area contributed by atoms with Crippen molar-refractivity contribution in [3.63, 3.8) is 0 Å². The summed E-state index contributed by atoms with van der Waals surface area (Å²) in [4.78, 5) is 12.3. The summed E-state index contributed by atoms with van der Waals surface area (Å²) >= 11 is 5.94. The van der Waals surface area contributed by atoms with E-state index in [9.17, 15) is 13.2 Å². The SMILES string of the molecule is Cc1cc(Cl)ccc1N(CC(=O)NC[C@H](C)c1ccccc1)S(C)(=O)=O. The van der Waals surface area contributed by atoms with Gasteiger partial charge in [0.25, 0.3) is 0 Å². The molecule has 2 rings (SSSR count). The van der Waals surface area contributed by atoms with E-state index in [4.69, 9.17) is 11.6 Å². The van der Waals surface area contributed by atoms with E-state index in [1.54, 1.807) is 25.1 Å². The standard InChI is InChI=1S/C19H23ClN2O3S/c1-14-11-17(20)9-10-18(14)22(26(3,24)25)13-19(23)21-12-15(2)16-7-5-4-6-8-16/h4-11,15H,12-13H2,1-3H3,(H,21,23)/t15-/m0/s1. The van der Waals surface area contributed by atoms with Crippen LogP contribution in [0.15, 0.2) is 48.5 Å². The van der Waals surface area contributed by atoms with Crippen LogP contribution in [0.5, 0.6) is 0 Å². The second-order valence-corrected chi connectivity index (χ2v) is 8.66. The van der Waals surface area contributed by atoms with E-state index in [0.29, 0.717) is 22.8 Å². The number of hydrogen-bond acceptors (Lipinski definition) is 3. The number of amides is 1. The Kier molecular flexibility index (Phi) is 6.67. The average Bonchev–Trinajstić information content (AvgIpc) is 2.58. The van der Waals surface area contributed by atoms with E-state index < -0.39 is 10.0 Å². The van der Waals surface area contributed by atoms with Gasteiger partial charge in [-0.05, 0) is 42.2 Å². The quantitative estimate of drug-likeness (QED) is 0.783. The minimum absolute atomic E-state index is 0.129. The van der Waals surface area contributed by atoms with Crippen LogP contribution in [0.1, 0.15) is 24.0 Å². The molecule has 140 valence electrons. The van der Waals surface area contributed by atoms with Crippen LogP contribution < -0.4 is 9.62 Å². The molecular weight excluding hydrogens is 372 g/mol. The van der Waals surface area contributed by atoms with Crippen molar-refractivity contribution in [1.29, 1.82) is 0 Å². The smallest absolute Gasteiger partial charge is 0.240 e. The average molecular weight is 395 g/mol. The van der Waals surface area contributed by atoms with E-state index in [1.165, 1.54) is 0 Å². The number of nitrogens with one attached hydrogen (secondary N) is 1. The van der Waals surface area contributed by atoms with Crippen LogP contribution >= 0.6 is 11.6 Å². The summed E-state index contributed by atoms with van der Waals surface area (Å²) in [6, 6.07) is 14.7. The highest BCUT2D eigenvalue weighted by Gasteiger charge is 2.22. The first-order chi connectivity index (χ1) is 12.2. The van der Waals surface area contributed by atoms with Gasteiger partial charge in [0.2, 0.25) is 15.9 Å². The van der Waals surface area contributed by atoms with Gasteiger partial charge in [0.05, 0.1) is 11.9 Å². The first-order valence-corrected chi connectivity index (χ1v) is 10.5. The molecule has 5 nitrogen and oxygen atoms in total. The predicted molar refractivity (Wildman–Crippen MR) is 106 cm³/mol. The molecule has 26 heavy (non-hydrogen) atoms. The topological polar surface area (TPSA) is 66.5 Å². The Balaban J connectivity index is 2.08. The van der Waals surface area contributed by atoms with E-state index in [1.807, 2.05) is 37.3 Å². The Labute approximate surface area is 160 Å². The van der Waals surface area contributed by atoms with Crippen LogP contribution in [-0.4, -0.2) is 33.7 Å². The Morgan fingerprint density at radius 2 is 1.85 bits per heavy atom. The molecule has 2 aromatic carbocycles. The third-order valence-corrected chi connectivity index (χ3v) is 5.45. The zero-order chi connectivity index (χ0) is 19.3. The highest BCUT2D eigenvalue weighted by atomic mass is 35.5. The van der Waals surface area contributed by atoms with Gasteiger partial charge in [-0.3, -0.25) is 9.10 Å². The lowest BCUT2D eigenvalue weighted by Gasteiger charge is -2.24. The van der Waals surface area contributed by atoms with E-state index >= 15 is 0 Å². The monoisotopic (exact) mass is 394 g/mol. The van der Waals surface area contributed by atoms with Crippen LogP contribution in [0.2, 0.25) is 5.02 Å². The van der Waals surface area contributed by atoms with Gasteiger partial charge in [0, 0.05) is 11.6 Å². The molecule has 0 spiro atoms. The minimum Gasteiger partial charge on any atom is -0.354 e. The third kappa shape index (κ3) is 5.47. The molecule has 0 unspecified atom stereocenters. The molecule has 0 aromatic heterocycles. The molecule has 0 saturated heterocycles. The van der Waals surface area contributed by atoms with Crippen molar-refractivity contribution in [2.45, 2.75) is 19.8 Å². The molecule has 0 heterocycles. The maximum absolute atomic E-state index is 12.3. The predicted octanol–water partition coefficient (Wildman–Crippen LogP) is 3.33. The fourth-order valence-corrected chi connectivity index (χ4v) is 3.77. The van der Waals surface area contributed by atoms with Crippen LogP contribution in [-0.2, 0) is 14.8 Å². The number of rotatable bonds is 7. The molecule has 0 aliphatic heterocycles. The first kappa shape index (κ1) is 20.3. The number of aryl methyl sites for hydroxylation is 1. The van der Waals surface area contributed by atoms with Crippen LogP contribution in [0, 0.1) is 6.92 Å². The van der Waals surface area contributed by atoms with Gasteiger partial charge < -0.3 is 5.32 Å². The Morgan fingerprint density at radius 1 is 1.19 bits per heavy atom. The highest BCUT2D eigenvalue weighted by molar-refractivity contribution is 7.92. The number of carbonyl (C=O) groups is 1. The maximum Gasteiger partial charge on any atom is 0.240 e. The summed E-state index contributed by atoms with van der Waals surface area (Å²) in [5, 5.41) is 3.33. The largest absolute Gasteiger partial charge is 0.354 e. The van der Waals surface area contributed by atoms with Crippen molar-refractivity contribution in [1.82, 2.24) is 5.32 Å². The molecule has 7 heteroatoms. The molecule has 0 aliphatic carbocycles. The molecule has 0 bridgehead atoms. The van der Waals surface area contributed by atoms with Crippen molar-refractivity contribution in [3.8, 4) is 0 Å².